The van der Waals surface area contributed by atoms with Gasteiger partial charge >= 0.3 is 0 Å². The number of hydrogen-bond acceptors (Lipinski definition) is 7. The molecule has 2 aromatic heterocycles. The minimum Gasteiger partial charge on any atom is -0.339 e. The van der Waals surface area contributed by atoms with E-state index >= 15 is 0 Å². The maximum Gasteiger partial charge on any atom is 0.244 e. The minimum absolute atomic E-state index is 0.0429. The SMILES string of the molecule is CN(CC(=O)Nc1ccccc1Cl)C(=O)CN1CCC(c2nc(-c3ccccn3)no2)CC1. The number of benzene rings is 1. The smallest absolute Gasteiger partial charge is 0.244 e. The van der Waals surface area contributed by atoms with Crippen LogP contribution in [0.5, 0.6) is 0 Å². The third-order valence-corrected chi connectivity index (χ3v) is 5.92. The molecule has 0 atom stereocenters. The summed E-state index contributed by atoms with van der Waals surface area (Å²) in [5.41, 5.74) is 1.21. The lowest BCUT2D eigenvalue weighted by Gasteiger charge is -2.30. The molecule has 1 aromatic carbocycles. The number of likely N-dealkylation sites (N-methyl/N-ethyl adjacent to an activating group) is 1. The fraction of sp³-hybridized carbons (Fsp3) is 0.348. The minimum atomic E-state index is -0.294. The van der Waals surface area contributed by atoms with Crippen LogP contribution in [0.15, 0.2) is 53.2 Å². The van der Waals surface area contributed by atoms with E-state index in [0.29, 0.717) is 28.1 Å². The zero-order valence-corrected chi connectivity index (χ0v) is 19.0. The maximum absolute atomic E-state index is 12.6. The van der Waals surface area contributed by atoms with Crippen molar-refractivity contribution in [2.75, 3.05) is 38.5 Å². The van der Waals surface area contributed by atoms with Crippen LogP contribution in [0.4, 0.5) is 5.69 Å². The van der Waals surface area contributed by atoms with E-state index in [1.165, 1.54) is 4.90 Å². The zero-order chi connectivity index (χ0) is 23.2. The van der Waals surface area contributed by atoms with Crippen LogP contribution in [0.2, 0.25) is 5.02 Å². The molecule has 2 amide bonds. The second-order valence-electron chi connectivity index (χ2n) is 8.00. The Bertz CT molecular complexity index is 1100. The van der Waals surface area contributed by atoms with Gasteiger partial charge in [-0.3, -0.25) is 19.5 Å². The number of nitrogens with zero attached hydrogens (tertiary/aromatic N) is 5. The number of pyridine rings is 1. The number of amides is 2. The zero-order valence-electron chi connectivity index (χ0n) is 18.3. The van der Waals surface area contributed by atoms with Gasteiger partial charge < -0.3 is 14.7 Å². The molecule has 3 aromatic rings. The number of piperidine rings is 1. The first-order chi connectivity index (χ1) is 16.0. The summed E-state index contributed by atoms with van der Waals surface area (Å²) < 4.78 is 5.47. The number of para-hydroxylation sites is 1. The molecule has 1 saturated heterocycles. The van der Waals surface area contributed by atoms with Crippen LogP contribution in [0.25, 0.3) is 11.5 Å². The van der Waals surface area contributed by atoms with Gasteiger partial charge in [-0.15, -0.1) is 0 Å². The second-order valence-corrected chi connectivity index (χ2v) is 8.41. The Morgan fingerprint density at radius 1 is 1.18 bits per heavy atom. The van der Waals surface area contributed by atoms with E-state index in [2.05, 4.69) is 25.3 Å². The largest absolute Gasteiger partial charge is 0.339 e. The average molecular weight is 469 g/mol. The second kappa shape index (κ2) is 10.5. The van der Waals surface area contributed by atoms with Gasteiger partial charge in [0.15, 0.2) is 0 Å². The number of aromatic nitrogens is 3. The molecular formula is C23H25ClN6O3. The van der Waals surface area contributed by atoms with Gasteiger partial charge in [0.2, 0.25) is 23.5 Å². The van der Waals surface area contributed by atoms with Gasteiger partial charge in [-0.25, -0.2) is 0 Å². The van der Waals surface area contributed by atoms with Gasteiger partial charge in [0.25, 0.3) is 0 Å². The molecule has 33 heavy (non-hydrogen) atoms. The summed E-state index contributed by atoms with van der Waals surface area (Å²) >= 11 is 6.06. The van der Waals surface area contributed by atoms with E-state index in [0.717, 1.165) is 25.9 Å². The van der Waals surface area contributed by atoms with E-state index < -0.39 is 0 Å². The number of likely N-dealkylation sites (tertiary alicyclic amines) is 1. The van der Waals surface area contributed by atoms with E-state index in [-0.39, 0.29) is 30.8 Å². The lowest BCUT2D eigenvalue weighted by molar-refractivity contribution is -0.134. The number of halogens is 1. The Labute approximate surface area is 196 Å². The molecule has 1 aliphatic heterocycles. The first-order valence-corrected chi connectivity index (χ1v) is 11.1. The van der Waals surface area contributed by atoms with Crippen molar-refractivity contribution in [2.24, 2.45) is 0 Å². The molecule has 4 rings (SSSR count). The predicted molar refractivity (Wildman–Crippen MR) is 124 cm³/mol. The summed E-state index contributed by atoms with van der Waals surface area (Å²) in [5, 5.41) is 7.23. The van der Waals surface area contributed by atoms with Crippen molar-refractivity contribution < 1.29 is 14.1 Å². The van der Waals surface area contributed by atoms with Crippen molar-refractivity contribution in [3.8, 4) is 11.5 Å². The number of carbonyl (C=O) groups excluding carboxylic acids is 2. The van der Waals surface area contributed by atoms with E-state index in [1.807, 2.05) is 18.2 Å². The molecule has 0 spiro atoms. The maximum atomic E-state index is 12.6. The normalized spacial score (nSPS) is 14.7. The standard InChI is InChI=1S/C23H25ClN6O3/c1-29(14-20(31)26-18-7-3-2-6-17(18)24)21(32)15-30-12-9-16(10-13-30)23-27-22(28-33-23)19-8-4-5-11-25-19/h2-8,11,16H,9-10,12-15H2,1H3,(H,26,31). The highest BCUT2D eigenvalue weighted by Gasteiger charge is 2.27. The van der Waals surface area contributed by atoms with Crippen LogP contribution in [0.1, 0.15) is 24.7 Å². The van der Waals surface area contributed by atoms with Gasteiger partial charge in [0.05, 0.1) is 23.8 Å². The van der Waals surface area contributed by atoms with Crippen molar-refractivity contribution in [2.45, 2.75) is 18.8 Å². The Kier molecular flexibility index (Phi) is 7.31. The lowest BCUT2D eigenvalue weighted by Crippen LogP contribution is -2.44. The Balaban J connectivity index is 1.23. The molecule has 0 aliphatic carbocycles. The summed E-state index contributed by atoms with van der Waals surface area (Å²) in [7, 11) is 1.62. The average Bonchev–Trinajstić information content (AvgIpc) is 3.32. The molecule has 1 fully saturated rings. The van der Waals surface area contributed by atoms with Gasteiger partial charge in [0.1, 0.15) is 5.69 Å². The lowest BCUT2D eigenvalue weighted by atomic mass is 9.97. The molecule has 1 aliphatic rings. The Morgan fingerprint density at radius 3 is 2.67 bits per heavy atom. The third-order valence-electron chi connectivity index (χ3n) is 5.59. The van der Waals surface area contributed by atoms with Crippen LogP contribution in [0, 0.1) is 0 Å². The molecular weight excluding hydrogens is 444 g/mol. The van der Waals surface area contributed by atoms with Gasteiger partial charge in [-0.05, 0) is 50.2 Å². The number of rotatable bonds is 7. The third kappa shape index (κ3) is 5.94. The van der Waals surface area contributed by atoms with E-state index in [9.17, 15) is 9.59 Å². The highest BCUT2D eigenvalue weighted by atomic mass is 35.5. The molecule has 1 N–H and O–H groups in total. The Morgan fingerprint density at radius 2 is 1.94 bits per heavy atom. The molecule has 172 valence electrons. The molecule has 0 unspecified atom stereocenters. The van der Waals surface area contributed by atoms with Gasteiger partial charge in [0, 0.05) is 19.2 Å². The van der Waals surface area contributed by atoms with Crippen LogP contribution >= 0.6 is 11.6 Å². The van der Waals surface area contributed by atoms with Gasteiger partial charge in [-0.2, -0.15) is 4.98 Å². The number of nitrogens with one attached hydrogen (secondary N) is 1. The summed E-state index contributed by atoms with van der Waals surface area (Å²) in [4.78, 5) is 37.1. The molecule has 3 heterocycles. The molecule has 9 nitrogen and oxygen atoms in total. The van der Waals surface area contributed by atoms with Crippen molar-refractivity contribution in [1.82, 2.24) is 24.9 Å². The van der Waals surface area contributed by atoms with Crippen LogP contribution < -0.4 is 5.32 Å². The fourth-order valence-corrected chi connectivity index (χ4v) is 3.89. The highest BCUT2D eigenvalue weighted by Crippen LogP contribution is 2.28. The van der Waals surface area contributed by atoms with Crippen molar-refractivity contribution in [3.63, 3.8) is 0 Å². The van der Waals surface area contributed by atoms with E-state index in [4.69, 9.17) is 16.1 Å². The van der Waals surface area contributed by atoms with Gasteiger partial charge in [-0.1, -0.05) is 35.0 Å². The van der Waals surface area contributed by atoms with Crippen LogP contribution in [-0.2, 0) is 9.59 Å². The topological polar surface area (TPSA) is 104 Å². The van der Waals surface area contributed by atoms with Crippen molar-refractivity contribution >= 4 is 29.1 Å². The number of hydrogen-bond donors (Lipinski definition) is 1. The van der Waals surface area contributed by atoms with E-state index in [1.54, 1.807) is 37.5 Å². The Hall–Kier alpha value is -3.30. The molecule has 0 bridgehead atoms. The van der Waals surface area contributed by atoms with Crippen molar-refractivity contribution in [3.05, 3.63) is 59.6 Å². The quantitative estimate of drug-likeness (QED) is 0.568. The number of carbonyl (C=O) groups is 2. The summed E-state index contributed by atoms with van der Waals surface area (Å²) in [6, 6.07) is 12.5. The summed E-state index contributed by atoms with van der Waals surface area (Å²) in [6.45, 7) is 1.68. The molecule has 0 saturated carbocycles. The predicted octanol–water partition coefficient (Wildman–Crippen LogP) is 3.06. The first kappa shape index (κ1) is 22.9. The summed E-state index contributed by atoms with van der Waals surface area (Å²) in [6.07, 6.45) is 3.32. The number of anilines is 1. The highest BCUT2D eigenvalue weighted by molar-refractivity contribution is 6.33. The van der Waals surface area contributed by atoms with Crippen molar-refractivity contribution in [1.29, 1.82) is 0 Å². The first-order valence-electron chi connectivity index (χ1n) is 10.8. The monoisotopic (exact) mass is 468 g/mol. The fourth-order valence-electron chi connectivity index (χ4n) is 3.71. The van der Waals surface area contributed by atoms with Crippen LogP contribution in [0.3, 0.4) is 0 Å². The molecule has 0 radical (unpaired) electrons. The summed E-state index contributed by atoms with van der Waals surface area (Å²) in [5.74, 6) is 0.839. The van der Waals surface area contributed by atoms with Crippen LogP contribution in [-0.4, -0.2) is 70.0 Å². The molecule has 10 heteroatoms.